The number of benzene rings is 2. The molecule has 0 bridgehead atoms. The highest BCUT2D eigenvalue weighted by Crippen LogP contribution is 2.42. The number of nitrogens with one attached hydrogen (secondary N) is 2. The standard InChI is InChI=1S/C28H27F3N6O4S2/c29-17-6-7-20(30)23(15-17)43(38,39)36-21-5-1-4-19(24(21)31)25-26(42-28(35-25)37-10-13-40-14-11-37)22-8-9-32-27(34-22)33-16-18-3-2-12-41-18/h1,4-9,15,18,36H,2-3,10-14,16H2,(H,32,33,34). The number of sulfonamides is 1. The number of rotatable bonds is 9. The molecule has 0 saturated carbocycles. The zero-order valence-electron chi connectivity index (χ0n) is 22.7. The van der Waals surface area contributed by atoms with Crippen LogP contribution in [0.3, 0.4) is 0 Å². The van der Waals surface area contributed by atoms with Crippen LogP contribution in [0.25, 0.3) is 21.8 Å². The molecule has 0 aliphatic carbocycles. The summed E-state index contributed by atoms with van der Waals surface area (Å²) in [5, 5.41) is 3.82. The van der Waals surface area contributed by atoms with Gasteiger partial charge in [0.15, 0.2) is 10.9 Å². The third-order valence-corrected chi connectivity index (χ3v) is 9.50. The van der Waals surface area contributed by atoms with E-state index in [0.29, 0.717) is 66.6 Å². The molecule has 6 rings (SSSR count). The molecule has 2 fully saturated rings. The molecule has 2 aliphatic rings. The van der Waals surface area contributed by atoms with Crippen LogP contribution >= 0.6 is 11.3 Å². The van der Waals surface area contributed by atoms with Gasteiger partial charge in [0.1, 0.15) is 16.5 Å². The van der Waals surface area contributed by atoms with Crippen LogP contribution in [0.4, 0.5) is 29.9 Å². The normalized spacial score (nSPS) is 17.3. The first-order chi connectivity index (χ1) is 20.8. The van der Waals surface area contributed by atoms with Crippen molar-refractivity contribution in [2.45, 2.75) is 23.8 Å². The molecule has 2 aromatic carbocycles. The Morgan fingerprint density at radius 2 is 1.88 bits per heavy atom. The van der Waals surface area contributed by atoms with Gasteiger partial charge in [-0.2, -0.15) is 0 Å². The summed E-state index contributed by atoms with van der Waals surface area (Å²) in [5.41, 5.74) is 0.280. The minimum Gasteiger partial charge on any atom is -0.378 e. The van der Waals surface area contributed by atoms with Crippen molar-refractivity contribution in [2.75, 3.05) is 54.4 Å². The van der Waals surface area contributed by atoms with E-state index in [4.69, 9.17) is 14.5 Å². The Hall–Kier alpha value is -3.79. The fourth-order valence-corrected chi connectivity index (χ4v) is 7.06. The Morgan fingerprint density at radius 3 is 2.67 bits per heavy atom. The van der Waals surface area contributed by atoms with E-state index in [9.17, 15) is 17.2 Å². The lowest BCUT2D eigenvalue weighted by molar-refractivity contribution is 0.120. The van der Waals surface area contributed by atoms with Crippen molar-refractivity contribution < 1.29 is 31.1 Å². The van der Waals surface area contributed by atoms with Gasteiger partial charge in [0, 0.05) is 38.0 Å². The number of morpholine rings is 1. The molecule has 10 nitrogen and oxygen atoms in total. The smallest absolute Gasteiger partial charge is 0.265 e. The van der Waals surface area contributed by atoms with Gasteiger partial charge in [0.25, 0.3) is 10.0 Å². The van der Waals surface area contributed by atoms with E-state index >= 15 is 4.39 Å². The quantitative estimate of drug-likeness (QED) is 0.265. The molecule has 2 saturated heterocycles. The summed E-state index contributed by atoms with van der Waals surface area (Å²) >= 11 is 1.31. The number of hydrogen-bond donors (Lipinski definition) is 2. The second-order valence-corrected chi connectivity index (χ2v) is 12.5. The molecule has 2 N–H and O–H groups in total. The SMILES string of the molecule is O=S(=O)(Nc1cccc(-c2nc(N3CCOCC3)sc2-c2ccnc(NCC3CCCO3)n2)c1F)c1cc(F)ccc1F. The van der Waals surface area contributed by atoms with E-state index in [1.165, 1.54) is 29.5 Å². The van der Waals surface area contributed by atoms with Crippen LogP contribution in [0.15, 0.2) is 53.6 Å². The molecule has 1 unspecified atom stereocenters. The molecule has 4 heterocycles. The molecule has 4 aromatic rings. The van der Waals surface area contributed by atoms with E-state index in [1.54, 1.807) is 12.3 Å². The summed E-state index contributed by atoms with van der Waals surface area (Å²) in [4.78, 5) is 15.4. The Labute approximate surface area is 250 Å². The van der Waals surface area contributed by atoms with Gasteiger partial charge >= 0.3 is 0 Å². The Morgan fingerprint density at radius 1 is 1.05 bits per heavy atom. The van der Waals surface area contributed by atoms with Gasteiger partial charge in [-0.25, -0.2) is 36.5 Å². The van der Waals surface area contributed by atoms with E-state index in [1.807, 2.05) is 4.90 Å². The molecule has 0 amide bonds. The summed E-state index contributed by atoms with van der Waals surface area (Å²) in [6.07, 6.45) is 3.60. The second kappa shape index (κ2) is 12.4. The van der Waals surface area contributed by atoms with E-state index < -0.39 is 38.1 Å². The maximum Gasteiger partial charge on any atom is 0.265 e. The summed E-state index contributed by atoms with van der Waals surface area (Å²) in [7, 11) is -4.67. The predicted octanol–water partition coefficient (Wildman–Crippen LogP) is 4.91. The Bertz CT molecular complexity index is 1730. The largest absolute Gasteiger partial charge is 0.378 e. The minimum atomic E-state index is -4.67. The first-order valence-corrected chi connectivity index (χ1v) is 15.9. The summed E-state index contributed by atoms with van der Waals surface area (Å²) < 4.78 is 83.1. The summed E-state index contributed by atoms with van der Waals surface area (Å²) in [6.45, 7) is 3.47. The van der Waals surface area contributed by atoms with E-state index in [-0.39, 0.29) is 17.4 Å². The van der Waals surface area contributed by atoms with E-state index in [2.05, 4.69) is 20.0 Å². The maximum atomic E-state index is 16.1. The molecular weight excluding hydrogens is 605 g/mol. The van der Waals surface area contributed by atoms with Gasteiger partial charge in [-0.3, -0.25) is 4.72 Å². The maximum absolute atomic E-state index is 16.1. The van der Waals surface area contributed by atoms with Crippen LogP contribution in [0, 0.1) is 17.5 Å². The van der Waals surface area contributed by atoms with Gasteiger partial charge in [-0.05, 0) is 49.2 Å². The zero-order chi connectivity index (χ0) is 30.0. The third-order valence-electron chi connectivity index (χ3n) is 6.98. The zero-order valence-corrected chi connectivity index (χ0v) is 24.4. The lowest BCUT2D eigenvalue weighted by atomic mass is 10.1. The van der Waals surface area contributed by atoms with Crippen molar-refractivity contribution in [3.63, 3.8) is 0 Å². The van der Waals surface area contributed by atoms with Crippen LogP contribution in [0.2, 0.25) is 0 Å². The summed E-state index contributed by atoms with van der Waals surface area (Å²) in [6, 6.07) is 7.82. The van der Waals surface area contributed by atoms with Crippen molar-refractivity contribution in [1.82, 2.24) is 15.0 Å². The topological polar surface area (TPSA) is 119 Å². The van der Waals surface area contributed by atoms with Crippen molar-refractivity contribution in [3.05, 3.63) is 66.1 Å². The number of halogens is 3. The molecule has 15 heteroatoms. The number of anilines is 3. The highest BCUT2D eigenvalue weighted by molar-refractivity contribution is 7.92. The first-order valence-electron chi connectivity index (χ1n) is 13.6. The highest BCUT2D eigenvalue weighted by Gasteiger charge is 2.27. The van der Waals surface area contributed by atoms with Crippen molar-refractivity contribution in [1.29, 1.82) is 0 Å². The van der Waals surface area contributed by atoms with Gasteiger partial charge in [-0.15, -0.1) is 0 Å². The first kappa shape index (κ1) is 29.3. The van der Waals surface area contributed by atoms with Crippen LogP contribution in [-0.2, 0) is 19.5 Å². The molecule has 226 valence electrons. The number of ether oxygens (including phenoxy) is 2. The monoisotopic (exact) mass is 632 g/mol. The van der Waals surface area contributed by atoms with Crippen molar-refractivity contribution in [3.8, 4) is 21.8 Å². The average Bonchev–Trinajstić information content (AvgIpc) is 3.70. The molecular formula is C28H27F3N6O4S2. The second-order valence-electron chi connectivity index (χ2n) is 9.90. The number of nitrogens with zero attached hydrogens (tertiary/aromatic N) is 4. The molecule has 2 aromatic heterocycles. The Balaban J connectivity index is 1.37. The van der Waals surface area contributed by atoms with Crippen LogP contribution < -0.4 is 14.9 Å². The fourth-order valence-electron chi connectivity index (χ4n) is 4.81. The molecule has 1 atom stereocenters. The van der Waals surface area contributed by atoms with Crippen LogP contribution in [0.5, 0.6) is 0 Å². The number of aromatic nitrogens is 3. The van der Waals surface area contributed by atoms with Crippen molar-refractivity contribution >= 4 is 38.1 Å². The minimum absolute atomic E-state index is 0.00171. The van der Waals surface area contributed by atoms with E-state index in [0.717, 1.165) is 25.5 Å². The third kappa shape index (κ3) is 6.44. The van der Waals surface area contributed by atoms with Crippen LogP contribution in [0.1, 0.15) is 12.8 Å². The van der Waals surface area contributed by atoms with Gasteiger partial charge in [-0.1, -0.05) is 17.4 Å². The number of thiazole rings is 1. The molecule has 2 aliphatic heterocycles. The summed E-state index contributed by atoms with van der Waals surface area (Å²) in [5.74, 6) is -2.68. The Kier molecular flexibility index (Phi) is 8.47. The fraction of sp³-hybridized carbons (Fsp3) is 0.321. The lowest BCUT2D eigenvalue weighted by Gasteiger charge is -2.26. The molecule has 43 heavy (non-hydrogen) atoms. The highest BCUT2D eigenvalue weighted by atomic mass is 32.2. The van der Waals surface area contributed by atoms with Gasteiger partial charge in [0.2, 0.25) is 5.95 Å². The molecule has 0 radical (unpaired) electrons. The van der Waals surface area contributed by atoms with Crippen LogP contribution in [-0.4, -0.2) is 68.9 Å². The van der Waals surface area contributed by atoms with Gasteiger partial charge < -0.3 is 19.7 Å². The van der Waals surface area contributed by atoms with Crippen molar-refractivity contribution in [2.24, 2.45) is 0 Å². The average molecular weight is 633 g/mol. The predicted molar refractivity (Wildman–Crippen MR) is 156 cm³/mol. The van der Waals surface area contributed by atoms with Gasteiger partial charge in [0.05, 0.1) is 41.3 Å². The number of hydrogen-bond acceptors (Lipinski definition) is 10. The molecule has 0 spiro atoms. The lowest BCUT2D eigenvalue weighted by Crippen LogP contribution is -2.36.